The summed E-state index contributed by atoms with van der Waals surface area (Å²) in [5.41, 5.74) is -3.76. The Morgan fingerprint density at radius 2 is 2.00 bits per heavy atom. The van der Waals surface area contributed by atoms with E-state index in [1.807, 2.05) is 0 Å². The Hall–Kier alpha value is -1.03. The summed E-state index contributed by atoms with van der Waals surface area (Å²) in [6.07, 6.45) is -4.48. The first-order chi connectivity index (χ1) is 7.56. The van der Waals surface area contributed by atoms with Crippen molar-refractivity contribution in [3.63, 3.8) is 0 Å². The van der Waals surface area contributed by atoms with E-state index in [2.05, 4.69) is 9.47 Å². The van der Waals surface area contributed by atoms with Gasteiger partial charge in [0.15, 0.2) is 6.10 Å². The van der Waals surface area contributed by atoms with Crippen molar-refractivity contribution < 1.29 is 40.4 Å². The van der Waals surface area contributed by atoms with E-state index >= 15 is 0 Å². The van der Waals surface area contributed by atoms with Gasteiger partial charge in [-0.2, -0.15) is 17.2 Å². The highest BCUT2D eigenvalue weighted by Crippen LogP contribution is 2.44. The van der Waals surface area contributed by atoms with Crippen molar-refractivity contribution in [2.45, 2.75) is 30.4 Å². The third kappa shape index (κ3) is 2.06. The summed E-state index contributed by atoms with van der Waals surface area (Å²) in [4.78, 5) is 10.5. The van der Waals surface area contributed by atoms with Crippen molar-refractivity contribution >= 4 is 16.3 Å². The molecule has 0 bridgehead atoms. The Kier molecular flexibility index (Phi) is 3.32. The predicted octanol–water partition coefficient (Wildman–Crippen LogP) is 1.12. The van der Waals surface area contributed by atoms with E-state index in [4.69, 9.17) is 4.55 Å². The van der Waals surface area contributed by atoms with Gasteiger partial charge in [0.2, 0.25) is 5.67 Å². The second kappa shape index (κ2) is 4.02. The fourth-order valence-corrected chi connectivity index (χ4v) is 2.09. The first-order valence-corrected chi connectivity index (χ1v) is 5.87. The van der Waals surface area contributed by atoms with Crippen LogP contribution in [0.3, 0.4) is 0 Å². The predicted molar refractivity (Wildman–Crippen MR) is 46.8 cm³/mol. The van der Waals surface area contributed by atoms with Crippen LogP contribution >= 0.6 is 0 Å². The van der Waals surface area contributed by atoms with Gasteiger partial charge in [-0.1, -0.05) is 6.92 Å². The van der Waals surface area contributed by atoms with E-state index in [9.17, 15) is 26.4 Å². The Morgan fingerprint density at radius 3 is 2.29 bits per heavy atom. The molecule has 0 aliphatic carbocycles. The Bertz CT molecular complexity index is 421. The van der Waals surface area contributed by atoms with Crippen molar-refractivity contribution in [1.29, 1.82) is 0 Å². The normalized spacial score (nSPS) is 25.0. The second-order valence-corrected chi connectivity index (χ2v) is 4.84. The summed E-state index contributed by atoms with van der Waals surface area (Å²) in [6, 6.07) is 0. The van der Waals surface area contributed by atoms with Crippen molar-refractivity contribution in [2.24, 2.45) is 0 Å². The van der Waals surface area contributed by atoms with Crippen LogP contribution in [0.4, 0.5) is 18.0 Å². The summed E-state index contributed by atoms with van der Waals surface area (Å²) >= 11 is 0. The Morgan fingerprint density at radius 1 is 1.47 bits per heavy atom. The Balaban J connectivity index is 3.16. The van der Waals surface area contributed by atoms with Gasteiger partial charge in [-0.25, -0.2) is 9.18 Å². The maximum absolute atomic E-state index is 14.0. The zero-order chi connectivity index (χ0) is 13.5. The highest BCUT2D eigenvalue weighted by Gasteiger charge is 2.69. The maximum atomic E-state index is 14.0. The van der Waals surface area contributed by atoms with Crippen molar-refractivity contribution in [3.8, 4) is 0 Å². The van der Waals surface area contributed by atoms with Gasteiger partial charge in [0.25, 0.3) is 0 Å². The lowest BCUT2D eigenvalue weighted by Crippen LogP contribution is -2.57. The molecule has 0 saturated carbocycles. The average Bonchev–Trinajstić information content (AvgIpc) is 2.62. The summed E-state index contributed by atoms with van der Waals surface area (Å²) < 4.78 is 78.1. The van der Waals surface area contributed by atoms with Crippen LogP contribution in [0.2, 0.25) is 0 Å². The van der Waals surface area contributed by atoms with E-state index in [0.29, 0.717) is 0 Å². The van der Waals surface area contributed by atoms with Crippen LogP contribution in [0.5, 0.6) is 0 Å². The summed E-state index contributed by atoms with van der Waals surface area (Å²) in [7, 11) is -5.98. The minimum Gasteiger partial charge on any atom is -0.430 e. The number of hydrogen-bond donors (Lipinski definition) is 1. The molecular weight excluding hydrogens is 269 g/mol. The lowest BCUT2D eigenvalue weighted by molar-refractivity contribution is -0.132. The van der Waals surface area contributed by atoms with Crippen LogP contribution in [0.15, 0.2) is 0 Å². The van der Waals surface area contributed by atoms with Gasteiger partial charge < -0.3 is 9.47 Å². The minimum absolute atomic E-state index is 0.853. The van der Waals surface area contributed by atoms with Gasteiger partial charge >= 0.3 is 21.5 Å². The van der Waals surface area contributed by atoms with Crippen molar-refractivity contribution in [3.05, 3.63) is 0 Å². The number of carbonyl (C=O) groups is 1. The van der Waals surface area contributed by atoms with Gasteiger partial charge in [-0.3, -0.25) is 4.55 Å². The second-order valence-electron chi connectivity index (χ2n) is 3.38. The molecule has 17 heavy (non-hydrogen) atoms. The molecule has 1 saturated heterocycles. The molecule has 1 rings (SSSR count). The number of alkyl halides is 3. The molecule has 0 spiro atoms. The first-order valence-electron chi connectivity index (χ1n) is 4.43. The zero-order valence-electron chi connectivity index (χ0n) is 8.52. The minimum atomic E-state index is -5.98. The SMILES string of the molecule is CCC(F)(C1COC(=O)O1)C(F)(F)S(=O)(=O)O. The largest absolute Gasteiger partial charge is 0.508 e. The molecule has 10 heteroatoms. The van der Waals surface area contributed by atoms with Gasteiger partial charge in [0.1, 0.15) is 6.61 Å². The van der Waals surface area contributed by atoms with E-state index in [-0.39, 0.29) is 0 Å². The van der Waals surface area contributed by atoms with Crippen molar-refractivity contribution in [1.82, 2.24) is 0 Å². The van der Waals surface area contributed by atoms with Gasteiger partial charge in [0.05, 0.1) is 0 Å². The van der Waals surface area contributed by atoms with Crippen LogP contribution in [-0.4, -0.2) is 42.8 Å². The Labute approximate surface area is 94.4 Å². The molecule has 0 aromatic carbocycles. The molecule has 1 heterocycles. The molecule has 1 fully saturated rings. The van der Waals surface area contributed by atoms with E-state index in [1.54, 1.807) is 0 Å². The molecule has 0 amide bonds. The molecule has 2 atom stereocenters. The number of hydrogen-bond acceptors (Lipinski definition) is 5. The van der Waals surface area contributed by atoms with Gasteiger partial charge in [-0.05, 0) is 6.42 Å². The van der Waals surface area contributed by atoms with Crippen LogP contribution in [0, 0.1) is 0 Å². The van der Waals surface area contributed by atoms with Gasteiger partial charge in [-0.15, -0.1) is 0 Å². The molecule has 2 unspecified atom stereocenters. The number of rotatable bonds is 4. The molecule has 0 aromatic rings. The fraction of sp³-hybridized carbons (Fsp3) is 0.857. The van der Waals surface area contributed by atoms with Gasteiger partial charge in [0, 0.05) is 0 Å². The summed E-state index contributed by atoms with van der Waals surface area (Å²) in [5, 5.41) is -5.10. The summed E-state index contributed by atoms with van der Waals surface area (Å²) in [6.45, 7) is 0.0690. The monoisotopic (exact) mass is 278 g/mol. The van der Waals surface area contributed by atoms with Crippen LogP contribution < -0.4 is 0 Å². The molecule has 0 aromatic heterocycles. The standard InChI is InChI=1S/C7H9F3O6S/c1-2-6(8,4-3-15-5(11)16-4)7(9,10)17(12,13)14/h4H,2-3H2,1H3,(H,12,13,14). The van der Waals surface area contributed by atoms with E-state index in [0.717, 1.165) is 6.92 Å². The molecular formula is C7H9F3O6S. The lowest BCUT2D eigenvalue weighted by Gasteiger charge is -2.32. The highest BCUT2D eigenvalue weighted by atomic mass is 32.2. The quantitative estimate of drug-likeness (QED) is 0.612. The van der Waals surface area contributed by atoms with E-state index in [1.165, 1.54) is 0 Å². The maximum Gasteiger partial charge on any atom is 0.508 e. The smallest absolute Gasteiger partial charge is 0.430 e. The third-order valence-electron chi connectivity index (χ3n) is 2.42. The molecule has 1 aliphatic rings. The van der Waals surface area contributed by atoms with Crippen LogP contribution in [-0.2, 0) is 19.6 Å². The third-order valence-corrected chi connectivity index (χ3v) is 3.41. The fourth-order valence-electron chi connectivity index (χ4n) is 1.39. The molecule has 0 radical (unpaired) electrons. The first kappa shape index (κ1) is 14.0. The highest BCUT2D eigenvalue weighted by molar-refractivity contribution is 7.87. The van der Waals surface area contributed by atoms with E-state index < -0.39 is 46.3 Å². The zero-order valence-corrected chi connectivity index (χ0v) is 9.34. The van der Waals surface area contributed by atoms with Crippen molar-refractivity contribution in [2.75, 3.05) is 6.61 Å². The molecule has 1 N–H and O–H groups in total. The summed E-state index contributed by atoms with van der Waals surface area (Å²) in [5.74, 6) is 0. The molecule has 1 aliphatic heterocycles. The van der Waals surface area contributed by atoms with Crippen LogP contribution in [0.1, 0.15) is 13.3 Å². The number of ether oxygens (including phenoxy) is 2. The number of halogens is 3. The molecule has 6 nitrogen and oxygen atoms in total. The average molecular weight is 278 g/mol. The lowest BCUT2D eigenvalue weighted by atomic mass is 9.96. The number of cyclic esters (lactones) is 2. The number of carbonyl (C=O) groups excluding carboxylic acids is 1. The van der Waals surface area contributed by atoms with Crippen LogP contribution in [0.25, 0.3) is 0 Å². The molecule has 100 valence electrons. The topological polar surface area (TPSA) is 89.9 Å².